The fraction of sp³-hybridized carbons (Fsp3) is 0.500. The lowest BCUT2D eigenvalue weighted by molar-refractivity contribution is 0.0700. The molecule has 4 heteroatoms. The lowest BCUT2D eigenvalue weighted by Gasteiger charge is -2.16. The second kappa shape index (κ2) is 6.09. The minimum absolute atomic E-state index is 0.0116. The number of hydrogen-bond acceptors (Lipinski definition) is 3. The molecule has 0 amide bonds. The summed E-state index contributed by atoms with van der Waals surface area (Å²) in [6.45, 7) is 4.04. The van der Waals surface area contributed by atoms with Crippen LogP contribution in [0.2, 0.25) is 5.02 Å². The van der Waals surface area contributed by atoms with Crippen LogP contribution >= 0.6 is 11.6 Å². The molecule has 0 heterocycles. The van der Waals surface area contributed by atoms with Crippen molar-refractivity contribution in [3.63, 3.8) is 0 Å². The summed E-state index contributed by atoms with van der Waals surface area (Å²) >= 11 is 5.86. The normalized spacial score (nSPS) is 14.6. The van der Waals surface area contributed by atoms with E-state index in [2.05, 4.69) is 0 Å². The summed E-state index contributed by atoms with van der Waals surface area (Å²) in [4.78, 5) is 0. The Morgan fingerprint density at radius 1 is 1.38 bits per heavy atom. The van der Waals surface area contributed by atoms with E-state index in [1.54, 1.807) is 32.2 Å². The number of hydrogen-bond donors (Lipinski definition) is 1. The molecule has 1 rings (SSSR count). The Morgan fingerprint density at radius 2 is 2.06 bits per heavy atom. The van der Waals surface area contributed by atoms with E-state index >= 15 is 0 Å². The number of halogens is 1. The fourth-order valence-electron chi connectivity index (χ4n) is 1.25. The highest BCUT2D eigenvalue weighted by atomic mass is 35.5. The minimum atomic E-state index is -0.605. The summed E-state index contributed by atoms with van der Waals surface area (Å²) in [7, 11) is 1.63. The molecule has 0 bridgehead atoms. The zero-order valence-corrected chi connectivity index (χ0v) is 10.5. The lowest BCUT2D eigenvalue weighted by atomic mass is 10.1. The maximum Gasteiger partial charge on any atom is 0.125 e. The molecule has 0 saturated heterocycles. The Morgan fingerprint density at radius 3 is 2.62 bits per heavy atom. The van der Waals surface area contributed by atoms with Gasteiger partial charge >= 0.3 is 0 Å². The zero-order valence-electron chi connectivity index (χ0n) is 9.74. The van der Waals surface area contributed by atoms with E-state index in [1.807, 2.05) is 6.92 Å². The number of methoxy groups -OCH3 is 1. The molecule has 1 unspecified atom stereocenters. The molecule has 1 aromatic carbocycles. The van der Waals surface area contributed by atoms with Crippen LogP contribution in [0, 0.1) is 0 Å². The Labute approximate surface area is 101 Å². The Hall–Kier alpha value is -0.770. The van der Waals surface area contributed by atoms with Crippen molar-refractivity contribution in [1.82, 2.24) is 0 Å². The van der Waals surface area contributed by atoms with Gasteiger partial charge in [0, 0.05) is 17.7 Å². The molecule has 1 aromatic rings. The predicted octanol–water partition coefficient (Wildman–Crippen LogP) is 2.81. The van der Waals surface area contributed by atoms with E-state index < -0.39 is 6.10 Å². The topological polar surface area (TPSA) is 38.7 Å². The summed E-state index contributed by atoms with van der Waals surface area (Å²) in [5.74, 6) is 0.642. The van der Waals surface area contributed by atoms with Crippen LogP contribution in [-0.4, -0.2) is 24.9 Å². The Balaban J connectivity index is 2.78. The molecule has 1 N–H and O–H groups in total. The molecule has 90 valence electrons. The first-order valence-electron chi connectivity index (χ1n) is 5.17. The summed E-state index contributed by atoms with van der Waals surface area (Å²) in [5.41, 5.74) is 0.691. The second-order valence-corrected chi connectivity index (χ2v) is 4.15. The molecular formula is C12H17ClO3. The van der Waals surface area contributed by atoms with Crippen LogP contribution in [0.15, 0.2) is 18.2 Å². The number of rotatable bonds is 5. The number of aliphatic hydroxyl groups excluding tert-OH is 1. The van der Waals surface area contributed by atoms with Gasteiger partial charge in [0.15, 0.2) is 0 Å². The molecule has 0 aliphatic carbocycles. The van der Waals surface area contributed by atoms with Crippen LogP contribution in [-0.2, 0) is 4.74 Å². The maximum absolute atomic E-state index is 9.58. The van der Waals surface area contributed by atoms with E-state index in [0.29, 0.717) is 22.9 Å². The number of ether oxygens (including phenoxy) is 2. The van der Waals surface area contributed by atoms with E-state index in [4.69, 9.17) is 21.1 Å². The van der Waals surface area contributed by atoms with Gasteiger partial charge in [0.25, 0.3) is 0 Å². The van der Waals surface area contributed by atoms with Crippen molar-refractivity contribution in [2.75, 3.05) is 13.7 Å². The number of aliphatic hydroxyl groups is 1. The lowest BCUT2D eigenvalue weighted by Crippen LogP contribution is -2.16. The first-order valence-corrected chi connectivity index (χ1v) is 5.55. The highest BCUT2D eigenvalue weighted by Gasteiger charge is 2.11. The molecule has 3 nitrogen and oxygen atoms in total. The van der Waals surface area contributed by atoms with Crippen LogP contribution in [0.5, 0.6) is 5.75 Å². The average molecular weight is 245 g/mol. The van der Waals surface area contributed by atoms with E-state index in [0.717, 1.165) is 0 Å². The molecule has 16 heavy (non-hydrogen) atoms. The monoisotopic (exact) mass is 244 g/mol. The van der Waals surface area contributed by atoms with Crippen molar-refractivity contribution >= 4 is 11.6 Å². The van der Waals surface area contributed by atoms with Gasteiger partial charge in [-0.2, -0.15) is 0 Å². The highest BCUT2D eigenvalue weighted by Crippen LogP contribution is 2.28. The number of benzene rings is 1. The maximum atomic E-state index is 9.58. The van der Waals surface area contributed by atoms with Gasteiger partial charge in [0.1, 0.15) is 12.4 Å². The summed E-state index contributed by atoms with van der Waals surface area (Å²) in [6.07, 6.45) is -0.593. The molecule has 2 atom stereocenters. The third kappa shape index (κ3) is 3.67. The third-order valence-corrected chi connectivity index (χ3v) is 2.53. The van der Waals surface area contributed by atoms with Gasteiger partial charge < -0.3 is 14.6 Å². The summed E-state index contributed by atoms with van der Waals surface area (Å²) in [5, 5.41) is 10.2. The molecule has 0 aliphatic rings. The van der Waals surface area contributed by atoms with Gasteiger partial charge in [0.2, 0.25) is 0 Å². The van der Waals surface area contributed by atoms with E-state index in [1.165, 1.54) is 0 Å². The smallest absolute Gasteiger partial charge is 0.125 e. The molecule has 0 aliphatic heterocycles. The van der Waals surface area contributed by atoms with Crippen molar-refractivity contribution in [2.24, 2.45) is 0 Å². The van der Waals surface area contributed by atoms with E-state index in [9.17, 15) is 5.11 Å². The van der Waals surface area contributed by atoms with Crippen molar-refractivity contribution < 1.29 is 14.6 Å². The molecule has 0 radical (unpaired) electrons. The zero-order chi connectivity index (χ0) is 12.1. The fourth-order valence-corrected chi connectivity index (χ4v) is 1.43. The Bertz CT molecular complexity index is 339. The third-order valence-electron chi connectivity index (χ3n) is 2.30. The van der Waals surface area contributed by atoms with Crippen molar-refractivity contribution in [3.05, 3.63) is 28.8 Å². The van der Waals surface area contributed by atoms with Gasteiger partial charge in [-0.25, -0.2) is 0 Å². The molecule has 0 aromatic heterocycles. The van der Waals surface area contributed by atoms with Gasteiger partial charge in [-0.3, -0.25) is 0 Å². The predicted molar refractivity (Wildman–Crippen MR) is 64.1 cm³/mol. The van der Waals surface area contributed by atoms with Crippen molar-refractivity contribution in [3.8, 4) is 5.75 Å². The SMILES string of the molecule is COC(C)COc1ccc(Cl)cc1[C@@H](C)O. The summed E-state index contributed by atoms with van der Waals surface area (Å²) in [6, 6.07) is 5.20. The molecule has 0 fully saturated rings. The second-order valence-electron chi connectivity index (χ2n) is 3.72. The first-order chi connectivity index (χ1) is 7.54. The minimum Gasteiger partial charge on any atom is -0.491 e. The van der Waals surface area contributed by atoms with Crippen LogP contribution < -0.4 is 4.74 Å². The molecule has 0 spiro atoms. The van der Waals surface area contributed by atoms with Crippen molar-refractivity contribution in [2.45, 2.75) is 26.1 Å². The Kier molecular flexibility index (Phi) is 5.06. The largest absolute Gasteiger partial charge is 0.491 e. The van der Waals surface area contributed by atoms with Gasteiger partial charge in [-0.05, 0) is 32.0 Å². The highest BCUT2D eigenvalue weighted by molar-refractivity contribution is 6.30. The van der Waals surface area contributed by atoms with Crippen LogP contribution in [0.4, 0.5) is 0 Å². The van der Waals surface area contributed by atoms with E-state index in [-0.39, 0.29) is 6.10 Å². The van der Waals surface area contributed by atoms with Crippen LogP contribution in [0.25, 0.3) is 0 Å². The molecular weight excluding hydrogens is 228 g/mol. The van der Waals surface area contributed by atoms with Crippen molar-refractivity contribution in [1.29, 1.82) is 0 Å². The van der Waals surface area contributed by atoms with Crippen LogP contribution in [0.1, 0.15) is 25.5 Å². The quantitative estimate of drug-likeness (QED) is 0.866. The van der Waals surface area contributed by atoms with Gasteiger partial charge in [-0.15, -0.1) is 0 Å². The average Bonchev–Trinajstić information content (AvgIpc) is 2.26. The molecule has 0 saturated carbocycles. The van der Waals surface area contributed by atoms with Crippen LogP contribution in [0.3, 0.4) is 0 Å². The first kappa shape index (κ1) is 13.3. The standard InChI is InChI=1S/C12H17ClO3/c1-8(15-3)7-16-12-5-4-10(13)6-11(12)9(2)14/h4-6,8-9,14H,7H2,1-3H3/t8?,9-/m1/s1. The summed E-state index contributed by atoms with van der Waals surface area (Å²) < 4.78 is 10.6. The van der Waals surface area contributed by atoms with Gasteiger partial charge in [-0.1, -0.05) is 11.6 Å². The van der Waals surface area contributed by atoms with Gasteiger partial charge in [0.05, 0.1) is 12.2 Å².